The third-order valence-corrected chi connectivity index (χ3v) is 26.4. The summed E-state index contributed by atoms with van der Waals surface area (Å²) in [7, 11) is 0. The minimum Gasteiger partial charge on any atom is -0.480 e. The summed E-state index contributed by atoms with van der Waals surface area (Å²) >= 11 is 4.18. The Labute approximate surface area is 836 Å². The normalized spacial score (nSPS) is 13.3. The van der Waals surface area contributed by atoms with Gasteiger partial charge in [0.05, 0.1) is 91.1 Å². The highest BCUT2D eigenvalue weighted by molar-refractivity contribution is 7.80. The molecule has 0 aliphatic carbocycles. The van der Waals surface area contributed by atoms with E-state index in [2.05, 4.69) is 76.4 Å². The van der Waals surface area contributed by atoms with Gasteiger partial charge in [-0.15, -0.1) is 0 Å². The van der Waals surface area contributed by atoms with E-state index in [0.717, 1.165) is 110 Å². The van der Waals surface area contributed by atoms with Gasteiger partial charge in [-0.2, -0.15) is 12.6 Å². The summed E-state index contributed by atoms with van der Waals surface area (Å²) in [6.45, 7) is 2.27. The molecule has 4 aromatic heterocycles. The number of nitrogens with two attached hydrogens (primary N) is 5. The van der Waals surface area contributed by atoms with Crippen molar-refractivity contribution in [3.05, 3.63) is 194 Å². The minimum atomic E-state index is -1.42. The van der Waals surface area contributed by atoms with Crippen LogP contribution in [0.15, 0.2) is 194 Å². The number of carbonyl (C=O) groups excluding carboxylic acids is 8. The Bertz CT molecular complexity index is 6270. The summed E-state index contributed by atoms with van der Waals surface area (Å²) in [6, 6.07) is 56.2. The highest BCUT2D eigenvalue weighted by atomic mass is 32.1. The molecule has 0 spiro atoms. The lowest BCUT2D eigenvalue weighted by Crippen LogP contribution is -2.49. The van der Waals surface area contributed by atoms with Gasteiger partial charge < -0.3 is 97.6 Å². The van der Waals surface area contributed by atoms with Gasteiger partial charge in [0.25, 0.3) is 0 Å². The fourth-order valence-corrected chi connectivity index (χ4v) is 18.7. The summed E-state index contributed by atoms with van der Waals surface area (Å²) in [5, 5.41) is 86.5. The maximum Gasteiger partial charge on any atom is 0.327 e. The smallest absolute Gasteiger partial charge is 0.327 e. The van der Waals surface area contributed by atoms with E-state index in [9.17, 15) is 19.5 Å². The van der Waals surface area contributed by atoms with Gasteiger partial charge in [0.15, 0.2) is 41.2 Å². The lowest BCUT2D eigenvalue weighted by molar-refractivity contribution is -0.142. The second-order valence-electron chi connectivity index (χ2n) is 36.5. The molecule has 36 heteroatoms. The third kappa shape index (κ3) is 31.5. The van der Waals surface area contributed by atoms with Crippen LogP contribution >= 0.6 is 12.6 Å². The first-order valence-electron chi connectivity index (χ1n) is 49.6. The van der Waals surface area contributed by atoms with Crippen molar-refractivity contribution < 1.29 is 48.3 Å². The molecule has 8 aromatic carbocycles. The van der Waals surface area contributed by atoms with E-state index in [-0.39, 0.29) is 139 Å². The van der Waals surface area contributed by atoms with Gasteiger partial charge in [-0.05, 0) is 177 Å². The van der Waals surface area contributed by atoms with Gasteiger partial charge in [-0.25, -0.2) is 24.7 Å². The third-order valence-electron chi connectivity index (χ3n) is 26.0. The van der Waals surface area contributed by atoms with E-state index in [1.54, 1.807) is 0 Å². The van der Waals surface area contributed by atoms with Gasteiger partial charge in [0.2, 0.25) is 23.6 Å². The largest absolute Gasteiger partial charge is 0.480 e. The number of benzene rings is 8. The quantitative estimate of drug-likeness (QED) is 0.00553. The number of carboxylic acid groups (broad SMARTS) is 1. The van der Waals surface area contributed by atoms with Crippen molar-refractivity contribution in [3.63, 3.8) is 0 Å². The molecule has 0 aliphatic heterocycles. The minimum absolute atomic E-state index is 0.00882. The van der Waals surface area contributed by atoms with E-state index in [0.29, 0.717) is 84.0 Å². The number of thiol groups is 1. The molecule has 0 fully saturated rings. The molecule has 0 saturated heterocycles. The molecule has 35 nitrogen and oxygen atoms in total. The van der Waals surface area contributed by atoms with Crippen molar-refractivity contribution in [2.75, 3.05) is 79.4 Å². The van der Waals surface area contributed by atoms with E-state index in [4.69, 9.17) is 70.2 Å². The van der Waals surface area contributed by atoms with Crippen LogP contribution in [0.5, 0.6) is 0 Å². The molecule has 143 heavy (non-hydrogen) atoms. The molecule has 0 unspecified atom stereocenters. The molecule has 0 radical (unpaired) electrons. The van der Waals surface area contributed by atoms with E-state index in [1.807, 2.05) is 194 Å². The van der Waals surface area contributed by atoms with Crippen LogP contribution < -0.4 is 92.5 Å². The number of amides is 4. The van der Waals surface area contributed by atoms with Crippen LogP contribution in [0.4, 0.5) is 22.7 Å². The second kappa shape index (κ2) is 54.7. The Morgan fingerprint density at radius 1 is 0.273 bits per heavy atom. The number of hydrogen-bond acceptors (Lipinski definition) is 23. The summed E-state index contributed by atoms with van der Waals surface area (Å²) in [4.78, 5) is 155. The van der Waals surface area contributed by atoms with Crippen LogP contribution in [0.3, 0.4) is 0 Å². The number of nitrogens with zero attached hydrogens (tertiary/aromatic N) is 4. The first kappa shape index (κ1) is 107. The number of carboxylic acids is 1. The first-order chi connectivity index (χ1) is 69.3. The number of nitrogens with one attached hydrogen (secondary N) is 16. The van der Waals surface area contributed by atoms with Crippen LogP contribution in [-0.2, 0) is 43.2 Å². The SMILES string of the molecule is N=C(N)NCCC[C@@H](CC(=O)[C@H](CCCCNc1c2ccccc2nc2ccccc12)NC(=O)[C@@H](CCCNC(=N)N)CC(=O)[C@H](CCCCNc1c2ccccc2nc2ccccc12)NC(=O)[C@@H](CCCNC(=N)N)CC(=O)[C@H](CCCCNc1c2ccccc2nc2ccccc12)NC(=O)[C@@H](CCCNC(=N)N)CC(=O)[C@@H](N)CCCCNc1c2ccccc2nc2ccccc12)C(=O)N[C@@H](CS)C(=O)O. The van der Waals surface area contributed by atoms with Gasteiger partial charge in [-0.3, -0.25) is 60.0 Å². The van der Waals surface area contributed by atoms with E-state index < -0.39 is 120 Å². The number of ketones is 4. The van der Waals surface area contributed by atoms with Gasteiger partial charge in [0.1, 0.15) is 11.8 Å². The fourth-order valence-electron chi connectivity index (χ4n) is 18.5. The number of unbranched alkanes of at least 4 members (excludes halogenated alkanes) is 4. The van der Waals surface area contributed by atoms with Crippen molar-refractivity contribution in [1.29, 1.82) is 21.6 Å². The zero-order valence-electron chi connectivity index (χ0n) is 80.8. The molecule has 12 rings (SSSR count). The summed E-state index contributed by atoms with van der Waals surface area (Å²) in [6.07, 6.45) is 3.24. The zero-order chi connectivity index (χ0) is 102. The predicted molar refractivity (Wildman–Crippen MR) is 573 cm³/mol. The molecule has 0 bridgehead atoms. The number of aliphatic carboxylic acids is 1. The van der Waals surface area contributed by atoms with Gasteiger partial charge >= 0.3 is 5.97 Å². The Morgan fingerprint density at radius 2 is 0.476 bits per heavy atom. The maximum atomic E-state index is 16.0. The number of Topliss-reactive ketones (excluding diaryl/α,β-unsaturated/α-hetero) is 4. The monoisotopic (exact) mass is 1960 g/mol. The Hall–Kier alpha value is -14.9. The van der Waals surface area contributed by atoms with Crippen molar-refractivity contribution in [3.8, 4) is 0 Å². The van der Waals surface area contributed by atoms with Crippen LogP contribution in [0.2, 0.25) is 0 Å². The zero-order valence-corrected chi connectivity index (χ0v) is 81.6. The average molecular weight is 1960 g/mol. The van der Waals surface area contributed by atoms with Crippen LogP contribution in [0, 0.1) is 45.3 Å². The molecular formula is C107H135N25O10S. The summed E-state index contributed by atoms with van der Waals surface area (Å²) in [5.74, 6) is -12.4. The van der Waals surface area contributed by atoms with Crippen LogP contribution in [0.1, 0.15) is 154 Å². The van der Waals surface area contributed by atoms with Crippen LogP contribution in [-0.4, -0.2) is 190 Å². The molecule has 754 valence electrons. The van der Waals surface area contributed by atoms with E-state index in [1.165, 1.54) is 0 Å². The molecule has 9 atom stereocenters. The maximum absolute atomic E-state index is 16.0. The number of para-hydroxylation sites is 8. The standard InChI is InChI=1S/C107H135N25O10S/c108-78(41-17-21-53-117-95-70-33-1-9-42-79(70)125-80-43-10-2-34-71(80)95)91(133)61-66(29-25-57-121-104(109)110)99(137)129-87(50-18-22-54-118-96-72-35-3-11-44-81(72)126-82-45-12-4-36-73(82)96)92(134)62-67(30-26-58-122-105(111)112)100(138)130-88(51-19-23-55-119-97-74-37-5-13-46-83(74)127-84-47-14-6-38-75(84)97)93(135)63-68(31-27-59-123-106(113)114)101(139)131-89(94(136)64-69(32-28-60-124-107(115)116)102(140)132-90(65-143)103(141)142)52-20-24-56-120-98-76-39-7-15-48-85(76)128-86-49-16-8-40-77(86)98/h1-16,33-40,42-49,66-69,78,87-90,143H,17-32,41,50-65,108H2,(H,117,125)(H,118,126)(H,119,127)(H,120,128)(H,129,137)(H,130,138)(H,131,139)(H,132,140)(H,141,142)(H4,109,110,121)(H4,111,112,122)(H4,113,114,123)(H4,115,116,124)/t66-,67-,68-,69-,78-,87-,88-,89-,90-/m0/s1. The van der Waals surface area contributed by atoms with Gasteiger partial charge in [0, 0.05) is 151 Å². The molecule has 0 saturated carbocycles. The van der Waals surface area contributed by atoms with E-state index >= 15 is 28.8 Å². The van der Waals surface area contributed by atoms with Crippen molar-refractivity contribution in [2.45, 2.75) is 184 Å². The second-order valence-corrected chi connectivity index (χ2v) is 36.9. The van der Waals surface area contributed by atoms with Gasteiger partial charge in [-0.1, -0.05) is 146 Å². The Kier molecular flexibility index (Phi) is 40.9. The average Bonchev–Trinajstić information content (AvgIpc) is 0.789. The van der Waals surface area contributed by atoms with Crippen molar-refractivity contribution in [2.24, 2.45) is 52.3 Å². The van der Waals surface area contributed by atoms with Crippen molar-refractivity contribution in [1.82, 2.24) is 62.5 Å². The molecule has 4 amide bonds. The Morgan fingerprint density at radius 3 is 0.685 bits per heavy atom. The van der Waals surface area contributed by atoms with Crippen molar-refractivity contribution >= 4 is 199 Å². The summed E-state index contributed by atoms with van der Waals surface area (Å²) < 4.78 is 0. The highest BCUT2D eigenvalue weighted by Crippen LogP contribution is 2.37. The number of carbonyl (C=O) groups is 9. The lowest BCUT2D eigenvalue weighted by atomic mass is 9.88. The molecule has 12 aromatic rings. The first-order valence-corrected chi connectivity index (χ1v) is 50.2. The molecule has 4 heterocycles. The van der Waals surface area contributed by atoms with Crippen LogP contribution in [0.25, 0.3) is 87.2 Å². The fraction of sp³-hybridized carbons (Fsp3) is 0.393. The molecule has 0 aliphatic rings. The highest BCUT2D eigenvalue weighted by Gasteiger charge is 2.37. The number of fused-ring (bicyclic) bond motifs is 8. The number of pyridine rings is 4. The molecular weight excluding hydrogens is 1830 g/mol. The number of rotatable bonds is 62. The number of hydrogen-bond donors (Lipinski definition) is 23. The number of aromatic nitrogens is 4. The number of anilines is 4. The number of guanidine groups is 4. The summed E-state index contributed by atoms with van der Waals surface area (Å²) in [5.41, 5.74) is 39.7. The topological polar surface area (TPSA) is 595 Å². The Balaban J connectivity index is 0.827. The molecule has 27 N–H and O–H groups in total. The lowest BCUT2D eigenvalue weighted by Gasteiger charge is -2.27. The predicted octanol–water partition coefficient (Wildman–Crippen LogP) is 12.6.